The van der Waals surface area contributed by atoms with Crippen LogP contribution in [-0.4, -0.2) is 17.7 Å². The van der Waals surface area contributed by atoms with Gasteiger partial charge >= 0.3 is 0 Å². The van der Waals surface area contributed by atoms with Crippen LogP contribution < -0.4 is 4.74 Å². The first-order valence-corrected chi connectivity index (χ1v) is 7.72. The van der Waals surface area contributed by atoms with Crippen molar-refractivity contribution in [2.45, 2.75) is 32.0 Å². The molecule has 0 amide bonds. The lowest BCUT2D eigenvalue weighted by Gasteiger charge is -2.24. The molecule has 1 fully saturated rings. The Morgan fingerprint density at radius 2 is 1.73 bits per heavy atom. The van der Waals surface area contributed by atoms with Gasteiger partial charge in [-0.25, -0.2) is 0 Å². The highest BCUT2D eigenvalue weighted by atomic mass is 35.5. The summed E-state index contributed by atoms with van der Waals surface area (Å²) in [6.45, 7) is 4.37. The molecule has 0 aromatic heterocycles. The Bertz CT molecular complexity index is 637. The molecule has 2 unspecified atom stereocenters. The number of ether oxygens (including phenoxy) is 1. The molecule has 2 aromatic carbocycles. The summed E-state index contributed by atoms with van der Waals surface area (Å²) >= 11 is 5.94. The van der Waals surface area contributed by atoms with Crippen LogP contribution in [0.25, 0.3) is 0 Å². The molecule has 3 nitrogen and oxygen atoms in total. The van der Waals surface area contributed by atoms with Crippen molar-refractivity contribution in [2.75, 3.05) is 7.11 Å². The van der Waals surface area contributed by atoms with Crippen molar-refractivity contribution in [1.82, 2.24) is 5.06 Å². The van der Waals surface area contributed by atoms with E-state index < -0.39 is 0 Å². The monoisotopic (exact) mass is 317 g/mol. The second-order valence-corrected chi connectivity index (χ2v) is 6.61. The molecule has 0 saturated carbocycles. The Labute approximate surface area is 136 Å². The molecule has 22 heavy (non-hydrogen) atoms. The molecule has 0 spiro atoms. The fourth-order valence-corrected chi connectivity index (χ4v) is 2.81. The maximum Gasteiger partial charge on any atom is 0.180 e. The summed E-state index contributed by atoms with van der Waals surface area (Å²) in [4.78, 5) is 5.80. The molecule has 4 heteroatoms. The van der Waals surface area contributed by atoms with Crippen molar-refractivity contribution in [3.63, 3.8) is 0 Å². The van der Waals surface area contributed by atoms with Gasteiger partial charge in [-0.05, 0) is 55.7 Å². The highest BCUT2D eigenvalue weighted by Gasteiger charge is 2.48. The molecule has 0 aliphatic carbocycles. The molecule has 0 N–H and O–H groups in total. The summed E-state index contributed by atoms with van der Waals surface area (Å²) in [5.74, 6) is 0.858. The average molecular weight is 318 g/mol. The smallest absolute Gasteiger partial charge is 0.180 e. The number of nitrogens with zero attached hydrogens (tertiary/aromatic N) is 1. The third-order valence-corrected chi connectivity index (χ3v) is 4.18. The number of hydroxylamine groups is 2. The van der Waals surface area contributed by atoms with Crippen LogP contribution in [0.2, 0.25) is 5.02 Å². The Kier molecular flexibility index (Phi) is 4.13. The van der Waals surface area contributed by atoms with Crippen molar-refractivity contribution in [3.05, 3.63) is 64.7 Å². The van der Waals surface area contributed by atoms with Gasteiger partial charge in [-0.1, -0.05) is 35.9 Å². The Morgan fingerprint density at radius 3 is 2.32 bits per heavy atom. The molecule has 2 atom stereocenters. The van der Waals surface area contributed by atoms with Gasteiger partial charge in [0.25, 0.3) is 0 Å². The number of hydrogen-bond acceptors (Lipinski definition) is 3. The highest BCUT2D eigenvalue weighted by molar-refractivity contribution is 6.30. The predicted molar refractivity (Wildman–Crippen MR) is 87.9 cm³/mol. The van der Waals surface area contributed by atoms with Crippen LogP contribution in [0.5, 0.6) is 5.75 Å². The van der Waals surface area contributed by atoms with E-state index >= 15 is 0 Å². The van der Waals surface area contributed by atoms with Crippen LogP contribution in [-0.2, 0) is 11.3 Å². The zero-order chi connectivity index (χ0) is 15.7. The zero-order valence-electron chi connectivity index (χ0n) is 13.0. The molecular formula is C18H20ClNO2. The quantitative estimate of drug-likeness (QED) is 0.752. The maximum atomic E-state index is 5.94. The molecule has 1 aliphatic rings. The van der Waals surface area contributed by atoms with Gasteiger partial charge in [0.05, 0.1) is 7.11 Å². The summed E-state index contributed by atoms with van der Waals surface area (Å²) < 4.78 is 5.19. The van der Waals surface area contributed by atoms with Crippen LogP contribution in [0.15, 0.2) is 48.5 Å². The van der Waals surface area contributed by atoms with E-state index in [0.717, 1.165) is 22.8 Å². The minimum absolute atomic E-state index is 0.0215. The van der Waals surface area contributed by atoms with Gasteiger partial charge in [0.1, 0.15) is 5.75 Å². The van der Waals surface area contributed by atoms with Crippen LogP contribution in [0.4, 0.5) is 0 Å². The van der Waals surface area contributed by atoms with Crippen LogP contribution in [0.3, 0.4) is 0 Å². The molecule has 1 saturated heterocycles. The van der Waals surface area contributed by atoms with Crippen LogP contribution in [0.1, 0.15) is 31.2 Å². The van der Waals surface area contributed by atoms with Crippen molar-refractivity contribution < 1.29 is 9.57 Å². The van der Waals surface area contributed by atoms with E-state index in [4.69, 9.17) is 21.2 Å². The summed E-state index contributed by atoms with van der Waals surface area (Å²) in [6, 6.07) is 16.0. The maximum absolute atomic E-state index is 5.94. The fourth-order valence-electron chi connectivity index (χ4n) is 2.68. The van der Waals surface area contributed by atoms with E-state index in [-0.39, 0.29) is 11.8 Å². The third kappa shape index (κ3) is 3.27. The fraction of sp³-hybridized carbons (Fsp3) is 0.333. The number of benzene rings is 2. The third-order valence-electron chi connectivity index (χ3n) is 3.93. The van der Waals surface area contributed by atoms with Crippen LogP contribution >= 0.6 is 11.6 Å². The topological polar surface area (TPSA) is 24.8 Å². The molecule has 1 aliphatic heterocycles. The van der Waals surface area contributed by atoms with E-state index in [1.54, 1.807) is 7.11 Å². The van der Waals surface area contributed by atoms with Gasteiger partial charge in [0, 0.05) is 10.6 Å². The lowest BCUT2D eigenvalue weighted by molar-refractivity contribution is 0.0875. The number of hydrogen-bond donors (Lipinski definition) is 0. The van der Waals surface area contributed by atoms with Crippen molar-refractivity contribution in [2.24, 2.45) is 0 Å². The summed E-state index contributed by atoms with van der Waals surface area (Å²) in [5, 5.41) is 2.81. The van der Waals surface area contributed by atoms with Gasteiger partial charge in [0.2, 0.25) is 0 Å². The van der Waals surface area contributed by atoms with Crippen molar-refractivity contribution in [1.29, 1.82) is 0 Å². The minimum atomic E-state index is -0.0849. The molecular weight excluding hydrogens is 298 g/mol. The van der Waals surface area contributed by atoms with Crippen molar-refractivity contribution >= 4 is 11.6 Å². The van der Waals surface area contributed by atoms with Gasteiger partial charge < -0.3 is 4.74 Å². The van der Waals surface area contributed by atoms with E-state index in [2.05, 4.69) is 26.0 Å². The highest BCUT2D eigenvalue weighted by Crippen LogP contribution is 2.44. The first-order valence-electron chi connectivity index (χ1n) is 7.34. The Balaban J connectivity index is 1.67. The first-order chi connectivity index (χ1) is 10.5. The molecule has 3 rings (SSSR count). The molecule has 0 radical (unpaired) electrons. The SMILES string of the molecule is COc1ccc(C2ON2C(C)(C)Cc2ccc(Cl)cc2)cc1. The van der Waals surface area contributed by atoms with Crippen molar-refractivity contribution in [3.8, 4) is 5.75 Å². The number of rotatable bonds is 5. The second-order valence-electron chi connectivity index (χ2n) is 6.17. The van der Waals surface area contributed by atoms with E-state index in [0.29, 0.717) is 0 Å². The second kappa shape index (κ2) is 5.92. The Morgan fingerprint density at radius 1 is 1.09 bits per heavy atom. The summed E-state index contributed by atoms with van der Waals surface area (Å²) in [6.07, 6.45) is 0.921. The minimum Gasteiger partial charge on any atom is -0.497 e. The van der Waals surface area contributed by atoms with Crippen LogP contribution in [0, 0.1) is 0 Å². The lowest BCUT2D eigenvalue weighted by Crippen LogP contribution is -2.33. The number of methoxy groups -OCH3 is 1. The van der Waals surface area contributed by atoms with E-state index in [1.807, 2.05) is 41.5 Å². The summed E-state index contributed by atoms with van der Waals surface area (Å²) in [7, 11) is 1.67. The van der Waals surface area contributed by atoms with Gasteiger partial charge in [-0.15, -0.1) is 5.06 Å². The average Bonchev–Trinajstić information content (AvgIpc) is 3.31. The Hall–Kier alpha value is -1.55. The molecule has 0 bridgehead atoms. The summed E-state index contributed by atoms with van der Waals surface area (Å²) in [5.41, 5.74) is 2.31. The number of halogens is 1. The van der Waals surface area contributed by atoms with Gasteiger partial charge in [-0.2, -0.15) is 0 Å². The van der Waals surface area contributed by atoms with E-state index in [1.165, 1.54) is 5.56 Å². The zero-order valence-corrected chi connectivity index (χ0v) is 13.8. The van der Waals surface area contributed by atoms with E-state index in [9.17, 15) is 0 Å². The largest absolute Gasteiger partial charge is 0.497 e. The lowest BCUT2D eigenvalue weighted by atomic mass is 9.94. The molecule has 116 valence electrons. The van der Waals surface area contributed by atoms with Gasteiger partial charge in [-0.3, -0.25) is 4.84 Å². The molecule has 1 heterocycles. The molecule has 2 aromatic rings. The van der Waals surface area contributed by atoms with Gasteiger partial charge in [0.15, 0.2) is 6.23 Å². The standard InChI is InChI=1S/C18H20ClNO2/c1-18(2,12-13-4-8-15(19)9-5-13)20-17(22-20)14-6-10-16(21-3)11-7-14/h4-11,17H,12H2,1-3H3. The predicted octanol–water partition coefficient (Wildman–Crippen LogP) is 4.62. The normalized spacial score (nSPS) is 20.7. The first kappa shape index (κ1) is 15.3.